The van der Waals surface area contributed by atoms with Crippen LogP contribution >= 0.6 is 0 Å². The molecule has 1 N–H and O–H groups in total. The fourth-order valence-electron chi connectivity index (χ4n) is 4.20. The van der Waals surface area contributed by atoms with Crippen LogP contribution < -0.4 is 0 Å². The molecule has 0 saturated carbocycles. The van der Waals surface area contributed by atoms with Crippen molar-refractivity contribution in [1.29, 1.82) is 5.26 Å². The van der Waals surface area contributed by atoms with E-state index in [1.165, 1.54) is 0 Å². The maximum atomic E-state index is 12.9. The maximum absolute atomic E-state index is 12.9. The molecule has 1 saturated heterocycles. The molecule has 2 aromatic carbocycles. The third-order valence-corrected chi connectivity index (χ3v) is 6.27. The molecule has 0 bridgehead atoms. The molecule has 0 unspecified atom stereocenters. The number of carbonyl (C=O) groups excluding carboxylic acids is 1. The molecule has 4 aromatic rings. The van der Waals surface area contributed by atoms with Crippen LogP contribution in [0.1, 0.15) is 35.7 Å². The van der Waals surface area contributed by atoms with Crippen LogP contribution in [0.25, 0.3) is 28.2 Å². The van der Waals surface area contributed by atoms with E-state index in [1.807, 2.05) is 60.0 Å². The molecule has 1 amide bonds. The quantitative estimate of drug-likeness (QED) is 0.524. The molecule has 3 heterocycles. The minimum absolute atomic E-state index is 0.0227. The number of rotatable bonds is 3. The Labute approximate surface area is 191 Å². The number of benzene rings is 2. The second-order valence-corrected chi connectivity index (χ2v) is 8.67. The molecule has 1 aliphatic rings. The van der Waals surface area contributed by atoms with Gasteiger partial charge in [-0.1, -0.05) is 30.3 Å². The van der Waals surface area contributed by atoms with E-state index in [0.29, 0.717) is 42.7 Å². The van der Waals surface area contributed by atoms with Crippen molar-refractivity contribution in [3.63, 3.8) is 0 Å². The Morgan fingerprint density at radius 1 is 1.06 bits per heavy atom. The Morgan fingerprint density at radius 3 is 2.52 bits per heavy atom. The fraction of sp³-hybridized carbons (Fsp3) is 0.231. The van der Waals surface area contributed by atoms with Crippen LogP contribution in [0.2, 0.25) is 0 Å². The van der Waals surface area contributed by atoms with E-state index < -0.39 is 5.60 Å². The lowest BCUT2D eigenvalue weighted by atomic mass is 9.93. The molecule has 7 nitrogen and oxygen atoms in total. The van der Waals surface area contributed by atoms with Gasteiger partial charge in [-0.15, -0.1) is 0 Å². The standard InChI is InChI=1S/C26H23N5O2/c1-26(33)10-12-30(13-11-26)25(32)19-8-6-18(7-9-19)22-17-31-23(15-29-24(31)16-28-22)21-5-3-2-4-20(21)14-27/h2-9,15-17,33H,10-13H2,1H3. The van der Waals surface area contributed by atoms with Crippen molar-refractivity contribution in [2.45, 2.75) is 25.4 Å². The number of aliphatic hydroxyl groups is 1. The Balaban J connectivity index is 1.43. The van der Waals surface area contributed by atoms with Gasteiger partial charge in [0.05, 0.1) is 41.0 Å². The molecule has 1 fully saturated rings. The van der Waals surface area contributed by atoms with E-state index in [2.05, 4.69) is 16.0 Å². The van der Waals surface area contributed by atoms with Crippen molar-refractivity contribution in [2.24, 2.45) is 0 Å². The van der Waals surface area contributed by atoms with Crippen molar-refractivity contribution in [3.8, 4) is 28.6 Å². The predicted molar refractivity (Wildman–Crippen MR) is 124 cm³/mol. The zero-order valence-electron chi connectivity index (χ0n) is 18.3. The first kappa shape index (κ1) is 20.9. The molecule has 0 spiro atoms. The zero-order chi connectivity index (χ0) is 23.0. The van der Waals surface area contributed by atoms with Gasteiger partial charge < -0.3 is 10.0 Å². The molecule has 164 valence electrons. The monoisotopic (exact) mass is 437 g/mol. The van der Waals surface area contributed by atoms with E-state index in [9.17, 15) is 15.2 Å². The number of carbonyl (C=O) groups is 1. The Hall–Kier alpha value is -4.02. The highest BCUT2D eigenvalue weighted by molar-refractivity contribution is 5.94. The molecule has 2 aromatic heterocycles. The summed E-state index contributed by atoms with van der Waals surface area (Å²) in [5.41, 5.74) is 4.45. The highest BCUT2D eigenvalue weighted by Crippen LogP contribution is 2.27. The van der Waals surface area contributed by atoms with E-state index in [-0.39, 0.29) is 5.91 Å². The third-order valence-electron chi connectivity index (χ3n) is 6.27. The number of amides is 1. The Bertz CT molecular complexity index is 1370. The number of likely N-dealkylation sites (tertiary alicyclic amines) is 1. The summed E-state index contributed by atoms with van der Waals surface area (Å²) >= 11 is 0. The van der Waals surface area contributed by atoms with Crippen LogP contribution in [-0.2, 0) is 0 Å². The molecule has 0 atom stereocenters. The summed E-state index contributed by atoms with van der Waals surface area (Å²) < 4.78 is 1.93. The first-order chi connectivity index (χ1) is 15.9. The summed E-state index contributed by atoms with van der Waals surface area (Å²) in [5, 5.41) is 19.6. The number of aromatic nitrogens is 3. The zero-order valence-corrected chi connectivity index (χ0v) is 18.3. The normalized spacial score (nSPS) is 15.4. The largest absolute Gasteiger partial charge is 0.390 e. The predicted octanol–water partition coefficient (Wildman–Crippen LogP) is 3.92. The number of imidazole rings is 1. The van der Waals surface area contributed by atoms with E-state index in [1.54, 1.807) is 23.4 Å². The third kappa shape index (κ3) is 3.97. The lowest BCUT2D eigenvalue weighted by Gasteiger charge is -2.35. The first-order valence-electron chi connectivity index (χ1n) is 10.9. The molecule has 0 radical (unpaired) electrons. The van der Waals surface area contributed by atoms with Crippen molar-refractivity contribution < 1.29 is 9.90 Å². The minimum Gasteiger partial charge on any atom is -0.390 e. The van der Waals surface area contributed by atoms with Crippen LogP contribution in [-0.4, -0.2) is 49.0 Å². The lowest BCUT2D eigenvalue weighted by molar-refractivity contribution is -0.00202. The Morgan fingerprint density at radius 2 is 1.79 bits per heavy atom. The van der Waals surface area contributed by atoms with Crippen LogP contribution in [0.5, 0.6) is 0 Å². The molecule has 7 heteroatoms. The average Bonchev–Trinajstić information content (AvgIpc) is 3.27. The lowest BCUT2D eigenvalue weighted by Crippen LogP contribution is -2.45. The van der Waals surface area contributed by atoms with Crippen molar-refractivity contribution >= 4 is 11.6 Å². The van der Waals surface area contributed by atoms with Crippen molar-refractivity contribution in [3.05, 3.63) is 78.2 Å². The molecule has 5 rings (SSSR count). The summed E-state index contributed by atoms with van der Waals surface area (Å²) in [6.45, 7) is 2.93. The molecule has 0 aliphatic carbocycles. The number of fused-ring (bicyclic) bond motifs is 1. The van der Waals surface area contributed by atoms with Gasteiger partial charge in [0.2, 0.25) is 0 Å². The molecule has 33 heavy (non-hydrogen) atoms. The second-order valence-electron chi connectivity index (χ2n) is 8.67. The smallest absolute Gasteiger partial charge is 0.253 e. The fourth-order valence-corrected chi connectivity index (χ4v) is 4.20. The number of hydrogen-bond acceptors (Lipinski definition) is 5. The number of nitrogens with zero attached hydrogens (tertiary/aromatic N) is 5. The van der Waals surface area contributed by atoms with Gasteiger partial charge in [-0.25, -0.2) is 4.98 Å². The summed E-state index contributed by atoms with van der Waals surface area (Å²) in [5.74, 6) is -0.0227. The van der Waals surface area contributed by atoms with Gasteiger partial charge in [0, 0.05) is 36.0 Å². The van der Waals surface area contributed by atoms with Gasteiger partial charge >= 0.3 is 0 Å². The van der Waals surface area contributed by atoms with Gasteiger partial charge in [0.25, 0.3) is 5.91 Å². The van der Waals surface area contributed by atoms with E-state index in [0.717, 1.165) is 22.5 Å². The Kier molecular flexibility index (Phi) is 5.15. The van der Waals surface area contributed by atoms with Crippen LogP contribution in [0, 0.1) is 11.3 Å². The van der Waals surface area contributed by atoms with Crippen LogP contribution in [0.4, 0.5) is 0 Å². The molecular formula is C26H23N5O2. The van der Waals surface area contributed by atoms with Gasteiger partial charge in [-0.2, -0.15) is 5.26 Å². The summed E-state index contributed by atoms with van der Waals surface area (Å²) in [4.78, 5) is 23.6. The van der Waals surface area contributed by atoms with Gasteiger partial charge in [-0.3, -0.25) is 14.2 Å². The highest BCUT2D eigenvalue weighted by atomic mass is 16.3. The summed E-state index contributed by atoms with van der Waals surface area (Å²) in [6.07, 6.45) is 6.52. The van der Waals surface area contributed by atoms with Gasteiger partial charge in [0.1, 0.15) is 0 Å². The minimum atomic E-state index is -0.690. The number of nitriles is 1. The summed E-state index contributed by atoms with van der Waals surface area (Å²) in [6, 6.07) is 17.1. The first-order valence-corrected chi connectivity index (χ1v) is 10.9. The second kappa shape index (κ2) is 8.15. The number of piperidine rings is 1. The average molecular weight is 438 g/mol. The maximum Gasteiger partial charge on any atom is 0.253 e. The molecular weight excluding hydrogens is 414 g/mol. The van der Waals surface area contributed by atoms with Gasteiger partial charge in [0.15, 0.2) is 5.65 Å². The molecule has 1 aliphatic heterocycles. The van der Waals surface area contributed by atoms with Gasteiger partial charge in [-0.05, 0) is 38.0 Å². The van der Waals surface area contributed by atoms with Crippen molar-refractivity contribution in [2.75, 3.05) is 13.1 Å². The van der Waals surface area contributed by atoms with E-state index in [4.69, 9.17) is 0 Å². The van der Waals surface area contributed by atoms with E-state index >= 15 is 0 Å². The SMILES string of the molecule is CC1(O)CCN(C(=O)c2ccc(-c3cn4c(-c5ccccc5C#N)cnc4cn3)cc2)CC1. The summed E-state index contributed by atoms with van der Waals surface area (Å²) in [7, 11) is 0. The van der Waals surface area contributed by atoms with Crippen LogP contribution in [0.15, 0.2) is 67.1 Å². The topological polar surface area (TPSA) is 94.5 Å². The number of hydrogen-bond donors (Lipinski definition) is 1. The highest BCUT2D eigenvalue weighted by Gasteiger charge is 2.29. The van der Waals surface area contributed by atoms with Crippen molar-refractivity contribution in [1.82, 2.24) is 19.3 Å². The van der Waals surface area contributed by atoms with Crippen LogP contribution in [0.3, 0.4) is 0 Å².